The van der Waals surface area contributed by atoms with Crippen molar-refractivity contribution in [2.45, 2.75) is 25.8 Å². The van der Waals surface area contributed by atoms with Gasteiger partial charge in [-0.1, -0.05) is 49.4 Å². The largest absolute Gasteiger partial charge is 0.480 e. The van der Waals surface area contributed by atoms with Crippen LogP contribution in [0.25, 0.3) is 27.8 Å². The summed E-state index contributed by atoms with van der Waals surface area (Å²) in [5.74, 6) is -1.47. The molecule has 0 saturated carbocycles. The molecule has 170 valence electrons. The van der Waals surface area contributed by atoms with E-state index in [-0.39, 0.29) is 17.8 Å². The SMILES string of the molecule is CCc1nn2c(nnc3c(=O)n([C@H](Cc4ccccc4)C(=O)O)ccc32)c1-c1ccc(F)cc1. The molecule has 2 aromatic carbocycles. The lowest BCUT2D eigenvalue weighted by Crippen LogP contribution is -2.31. The Morgan fingerprint density at radius 1 is 1.06 bits per heavy atom. The first-order chi connectivity index (χ1) is 16.5. The average molecular weight is 457 g/mol. The van der Waals surface area contributed by atoms with Crippen molar-refractivity contribution >= 4 is 22.6 Å². The molecule has 3 heterocycles. The summed E-state index contributed by atoms with van der Waals surface area (Å²) in [6.45, 7) is 1.94. The van der Waals surface area contributed by atoms with Crippen LogP contribution in [0.15, 0.2) is 71.7 Å². The minimum atomic E-state index is -1.12. The van der Waals surface area contributed by atoms with Crippen LogP contribution in [0.5, 0.6) is 0 Å². The molecule has 0 bridgehead atoms. The third-order valence-electron chi connectivity index (χ3n) is 5.84. The summed E-state index contributed by atoms with van der Waals surface area (Å²) < 4.78 is 16.2. The van der Waals surface area contributed by atoms with Crippen LogP contribution in [-0.4, -0.2) is 35.5 Å². The van der Waals surface area contributed by atoms with Gasteiger partial charge in [0, 0.05) is 12.6 Å². The Labute approximate surface area is 192 Å². The van der Waals surface area contributed by atoms with Crippen molar-refractivity contribution in [1.29, 1.82) is 0 Å². The van der Waals surface area contributed by atoms with E-state index in [4.69, 9.17) is 0 Å². The zero-order chi connectivity index (χ0) is 23.8. The van der Waals surface area contributed by atoms with Crippen LogP contribution >= 0.6 is 0 Å². The van der Waals surface area contributed by atoms with Crippen LogP contribution in [0.1, 0.15) is 24.2 Å². The second kappa shape index (κ2) is 8.51. The Balaban J connectivity index is 1.67. The van der Waals surface area contributed by atoms with Crippen molar-refractivity contribution < 1.29 is 14.3 Å². The summed E-state index contributed by atoms with van der Waals surface area (Å²) in [6, 6.07) is 15.7. The number of halogens is 1. The van der Waals surface area contributed by atoms with E-state index in [1.165, 1.54) is 22.9 Å². The summed E-state index contributed by atoms with van der Waals surface area (Å²) >= 11 is 0. The molecule has 1 atom stereocenters. The molecular weight excluding hydrogens is 437 g/mol. The number of aromatic nitrogens is 5. The number of benzene rings is 2. The topological polar surface area (TPSA) is 102 Å². The van der Waals surface area contributed by atoms with Crippen molar-refractivity contribution in [2.75, 3.05) is 0 Å². The molecule has 34 heavy (non-hydrogen) atoms. The molecule has 3 aromatic heterocycles. The minimum absolute atomic E-state index is 0.0186. The highest BCUT2D eigenvalue weighted by Crippen LogP contribution is 2.29. The first-order valence-corrected chi connectivity index (χ1v) is 10.8. The monoisotopic (exact) mass is 457 g/mol. The quantitative estimate of drug-likeness (QED) is 0.417. The molecule has 0 spiro atoms. The van der Waals surface area contributed by atoms with E-state index in [1.807, 2.05) is 37.3 Å². The first kappa shape index (κ1) is 21.4. The van der Waals surface area contributed by atoms with Gasteiger partial charge in [-0.2, -0.15) is 5.10 Å². The molecular formula is C25H20FN5O3. The molecule has 0 unspecified atom stereocenters. The number of rotatable bonds is 6. The number of hydrogen-bond donors (Lipinski definition) is 1. The lowest BCUT2D eigenvalue weighted by Gasteiger charge is -2.16. The number of fused-ring (bicyclic) bond motifs is 3. The van der Waals surface area contributed by atoms with Crippen LogP contribution < -0.4 is 5.56 Å². The van der Waals surface area contributed by atoms with Gasteiger partial charge < -0.3 is 5.11 Å². The zero-order valence-electron chi connectivity index (χ0n) is 18.2. The maximum atomic E-state index is 13.4. The van der Waals surface area contributed by atoms with Gasteiger partial charge in [-0.25, -0.2) is 13.7 Å². The second-order valence-electron chi connectivity index (χ2n) is 7.92. The maximum Gasteiger partial charge on any atom is 0.327 e. The summed E-state index contributed by atoms with van der Waals surface area (Å²) in [5.41, 5.74) is 3.29. The Hall–Kier alpha value is -4.40. The Morgan fingerprint density at radius 3 is 2.47 bits per heavy atom. The number of pyridine rings is 1. The van der Waals surface area contributed by atoms with E-state index in [9.17, 15) is 19.1 Å². The van der Waals surface area contributed by atoms with E-state index in [1.54, 1.807) is 22.7 Å². The normalized spacial score (nSPS) is 12.3. The molecule has 1 N–H and O–H groups in total. The van der Waals surface area contributed by atoms with E-state index in [0.29, 0.717) is 23.1 Å². The van der Waals surface area contributed by atoms with Crippen molar-refractivity contribution in [2.24, 2.45) is 0 Å². The Kier molecular flexibility index (Phi) is 5.37. The van der Waals surface area contributed by atoms with E-state index in [0.717, 1.165) is 16.8 Å². The highest BCUT2D eigenvalue weighted by molar-refractivity contribution is 5.85. The van der Waals surface area contributed by atoms with Crippen LogP contribution in [0.3, 0.4) is 0 Å². The van der Waals surface area contributed by atoms with Crippen molar-refractivity contribution in [1.82, 2.24) is 24.4 Å². The second-order valence-corrected chi connectivity index (χ2v) is 7.92. The molecule has 5 rings (SSSR count). The number of aryl methyl sites for hydroxylation is 1. The lowest BCUT2D eigenvalue weighted by atomic mass is 10.0. The fourth-order valence-electron chi connectivity index (χ4n) is 4.15. The molecule has 8 nitrogen and oxygen atoms in total. The molecule has 0 aliphatic rings. The van der Waals surface area contributed by atoms with Gasteiger partial charge in [0.2, 0.25) is 0 Å². The highest BCUT2D eigenvalue weighted by atomic mass is 19.1. The number of carboxylic acids is 1. The Morgan fingerprint density at radius 2 is 1.79 bits per heavy atom. The fraction of sp³-hybridized carbons (Fsp3) is 0.160. The van der Waals surface area contributed by atoms with Gasteiger partial charge in [0.05, 0.1) is 11.3 Å². The van der Waals surface area contributed by atoms with Gasteiger partial charge in [-0.3, -0.25) is 9.36 Å². The highest BCUT2D eigenvalue weighted by Gasteiger charge is 2.24. The fourth-order valence-corrected chi connectivity index (χ4v) is 4.15. The lowest BCUT2D eigenvalue weighted by molar-refractivity contribution is -0.141. The molecule has 0 aliphatic heterocycles. The molecule has 0 radical (unpaired) electrons. The summed E-state index contributed by atoms with van der Waals surface area (Å²) in [5, 5.41) is 22.9. The van der Waals surface area contributed by atoms with Crippen molar-refractivity contribution in [3.8, 4) is 11.1 Å². The van der Waals surface area contributed by atoms with Gasteiger partial charge in [0.15, 0.2) is 11.2 Å². The van der Waals surface area contributed by atoms with E-state index >= 15 is 0 Å². The van der Waals surface area contributed by atoms with Crippen molar-refractivity contribution in [3.63, 3.8) is 0 Å². The number of carboxylic acid groups (broad SMARTS) is 1. The number of carbonyl (C=O) groups is 1. The van der Waals surface area contributed by atoms with Gasteiger partial charge in [0.1, 0.15) is 17.4 Å². The minimum Gasteiger partial charge on any atom is -0.480 e. The summed E-state index contributed by atoms with van der Waals surface area (Å²) in [4.78, 5) is 25.3. The Bertz CT molecular complexity index is 1580. The van der Waals surface area contributed by atoms with Gasteiger partial charge >= 0.3 is 5.97 Å². The van der Waals surface area contributed by atoms with Gasteiger partial charge in [0.25, 0.3) is 5.56 Å². The van der Waals surface area contributed by atoms with Gasteiger partial charge in [-0.05, 0) is 35.7 Å². The number of nitrogens with zero attached hydrogens (tertiary/aromatic N) is 5. The van der Waals surface area contributed by atoms with Crippen molar-refractivity contribution in [3.05, 3.63) is 94.3 Å². The molecule has 5 aromatic rings. The average Bonchev–Trinajstić information content (AvgIpc) is 3.23. The zero-order valence-corrected chi connectivity index (χ0v) is 18.2. The standard InChI is InChI=1S/C25H20FN5O3/c1-2-18-21(16-8-10-17(26)11-9-16)23-28-27-22-19(31(23)29-18)12-13-30(24(22)32)20(25(33)34)14-15-6-4-3-5-7-15/h3-13,20H,2,14H2,1H3,(H,33,34)/t20-/m1/s1. The van der Waals surface area contributed by atoms with Crippen LogP contribution in [0, 0.1) is 5.82 Å². The summed E-state index contributed by atoms with van der Waals surface area (Å²) in [6.07, 6.45) is 2.19. The predicted molar refractivity (Wildman–Crippen MR) is 124 cm³/mol. The molecule has 9 heteroatoms. The van der Waals surface area contributed by atoms with E-state index < -0.39 is 17.6 Å². The molecule has 0 saturated heterocycles. The first-order valence-electron chi connectivity index (χ1n) is 10.8. The predicted octanol–water partition coefficient (Wildman–Crippen LogP) is 3.68. The van der Waals surface area contributed by atoms with Gasteiger partial charge in [-0.15, -0.1) is 10.2 Å². The van der Waals surface area contributed by atoms with Crippen LogP contribution in [-0.2, 0) is 17.6 Å². The molecule has 0 fully saturated rings. The molecule has 0 amide bonds. The third-order valence-corrected chi connectivity index (χ3v) is 5.84. The van der Waals surface area contributed by atoms with E-state index in [2.05, 4.69) is 15.3 Å². The van der Waals surface area contributed by atoms with Crippen LogP contribution in [0.2, 0.25) is 0 Å². The molecule has 0 aliphatic carbocycles. The third kappa shape index (κ3) is 3.61. The maximum absolute atomic E-state index is 13.4. The number of hydrogen-bond acceptors (Lipinski definition) is 5. The summed E-state index contributed by atoms with van der Waals surface area (Å²) in [7, 11) is 0. The smallest absolute Gasteiger partial charge is 0.327 e. The van der Waals surface area contributed by atoms with Crippen LogP contribution in [0.4, 0.5) is 4.39 Å². The number of aliphatic carboxylic acids is 1.